The Hall–Kier alpha value is -2.71. The molecule has 182 valence electrons. The predicted octanol–water partition coefficient (Wildman–Crippen LogP) is 3.38. The first kappa shape index (κ1) is 24.4. The van der Waals surface area contributed by atoms with Crippen molar-refractivity contribution in [2.45, 2.75) is 45.7 Å². The molecular formula is C26H34N4O3S. The van der Waals surface area contributed by atoms with E-state index in [4.69, 9.17) is 0 Å². The van der Waals surface area contributed by atoms with Crippen LogP contribution >= 0.6 is 0 Å². The molecule has 1 N–H and O–H groups in total. The third kappa shape index (κ3) is 6.45. The van der Waals surface area contributed by atoms with Crippen molar-refractivity contribution in [2.75, 3.05) is 19.3 Å². The van der Waals surface area contributed by atoms with E-state index in [1.165, 1.54) is 18.2 Å². The fourth-order valence-electron chi connectivity index (χ4n) is 4.99. The van der Waals surface area contributed by atoms with Crippen LogP contribution in [0.3, 0.4) is 0 Å². The fraction of sp³-hybridized carbons (Fsp3) is 0.462. The quantitative estimate of drug-likeness (QED) is 0.532. The van der Waals surface area contributed by atoms with Gasteiger partial charge < -0.3 is 9.88 Å². The van der Waals surface area contributed by atoms with Crippen LogP contribution in [0.5, 0.6) is 0 Å². The lowest BCUT2D eigenvalue weighted by atomic mass is 9.91. The molecule has 2 atom stereocenters. The van der Waals surface area contributed by atoms with Gasteiger partial charge in [0.1, 0.15) is 18.1 Å². The summed E-state index contributed by atoms with van der Waals surface area (Å²) in [5.41, 5.74) is 3.75. The van der Waals surface area contributed by atoms with Gasteiger partial charge in [-0.25, -0.2) is 13.4 Å². The van der Waals surface area contributed by atoms with Crippen molar-refractivity contribution in [3.63, 3.8) is 0 Å². The number of hydrogen-bond donors (Lipinski definition) is 1. The number of nitrogens with zero attached hydrogens (tertiary/aromatic N) is 3. The molecule has 2 aromatic carbocycles. The topological polar surface area (TPSA) is 84.3 Å². The first-order chi connectivity index (χ1) is 16.2. The number of hydrogen-bond acceptors (Lipinski definition) is 5. The van der Waals surface area contributed by atoms with Gasteiger partial charge in [-0.2, -0.15) is 0 Å². The largest absolute Gasteiger partial charge is 0.350 e. The maximum atomic E-state index is 12.7. The highest BCUT2D eigenvalue weighted by Gasteiger charge is 2.21. The summed E-state index contributed by atoms with van der Waals surface area (Å²) in [5.74, 6) is 1.47. The molecular weight excluding hydrogens is 448 g/mol. The maximum Gasteiger partial charge on any atom is 0.240 e. The first-order valence-electron chi connectivity index (χ1n) is 11.8. The van der Waals surface area contributed by atoms with E-state index in [1.54, 1.807) is 4.57 Å². The molecule has 1 saturated heterocycles. The summed E-state index contributed by atoms with van der Waals surface area (Å²) in [7, 11) is -3.28. The van der Waals surface area contributed by atoms with Gasteiger partial charge in [-0.15, -0.1) is 0 Å². The normalized spacial score (nSPS) is 19.4. The minimum Gasteiger partial charge on any atom is -0.350 e. The van der Waals surface area contributed by atoms with E-state index in [0.717, 1.165) is 42.6 Å². The number of rotatable bonds is 8. The number of fused-ring (bicyclic) bond motifs is 1. The molecule has 0 saturated carbocycles. The van der Waals surface area contributed by atoms with Crippen molar-refractivity contribution in [2.24, 2.45) is 11.8 Å². The van der Waals surface area contributed by atoms with Crippen molar-refractivity contribution in [1.82, 2.24) is 19.8 Å². The van der Waals surface area contributed by atoms with E-state index < -0.39 is 9.84 Å². The Morgan fingerprint density at radius 1 is 1.03 bits per heavy atom. The molecule has 1 aliphatic heterocycles. The van der Waals surface area contributed by atoms with Crippen LogP contribution in [0.2, 0.25) is 0 Å². The molecule has 4 rings (SSSR count). The van der Waals surface area contributed by atoms with Crippen LogP contribution in [0.4, 0.5) is 0 Å². The van der Waals surface area contributed by atoms with E-state index in [0.29, 0.717) is 17.9 Å². The van der Waals surface area contributed by atoms with Crippen LogP contribution < -0.4 is 5.32 Å². The number of aromatic nitrogens is 2. The van der Waals surface area contributed by atoms with E-state index in [1.807, 2.05) is 24.3 Å². The third-order valence-corrected chi connectivity index (χ3v) is 7.07. The Balaban J connectivity index is 1.36. The van der Waals surface area contributed by atoms with Gasteiger partial charge in [0.15, 0.2) is 9.84 Å². The van der Waals surface area contributed by atoms with Gasteiger partial charge in [0.05, 0.1) is 11.0 Å². The summed E-state index contributed by atoms with van der Waals surface area (Å²) in [6.07, 6.45) is 2.48. The summed E-state index contributed by atoms with van der Waals surface area (Å²) in [5, 5.41) is 2.96. The Kier molecular flexibility index (Phi) is 7.38. The van der Waals surface area contributed by atoms with Gasteiger partial charge >= 0.3 is 0 Å². The second kappa shape index (κ2) is 10.3. The average Bonchev–Trinajstić information content (AvgIpc) is 3.08. The highest BCUT2D eigenvalue weighted by atomic mass is 32.2. The van der Waals surface area contributed by atoms with Gasteiger partial charge in [-0.1, -0.05) is 50.2 Å². The number of nitrogens with one attached hydrogen (secondary N) is 1. The summed E-state index contributed by atoms with van der Waals surface area (Å²) in [4.78, 5) is 19.7. The fourth-order valence-corrected chi connectivity index (χ4v) is 5.68. The van der Waals surface area contributed by atoms with Crippen LogP contribution in [0.1, 0.15) is 37.2 Å². The molecule has 1 fully saturated rings. The predicted molar refractivity (Wildman–Crippen MR) is 135 cm³/mol. The highest BCUT2D eigenvalue weighted by molar-refractivity contribution is 7.89. The number of para-hydroxylation sites is 2. The Labute approximate surface area is 202 Å². The summed E-state index contributed by atoms with van der Waals surface area (Å²) in [6, 6.07) is 15.8. The Bertz CT molecular complexity index is 1240. The molecule has 1 aromatic heterocycles. The molecule has 34 heavy (non-hydrogen) atoms. The van der Waals surface area contributed by atoms with Crippen LogP contribution in [0.25, 0.3) is 11.0 Å². The monoisotopic (exact) mass is 482 g/mol. The Morgan fingerprint density at radius 3 is 2.35 bits per heavy atom. The van der Waals surface area contributed by atoms with Gasteiger partial charge in [0.25, 0.3) is 0 Å². The lowest BCUT2D eigenvalue weighted by Crippen LogP contribution is -2.38. The number of likely N-dealkylation sites (tertiary alicyclic amines) is 1. The molecule has 8 heteroatoms. The van der Waals surface area contributed by atoms with Crippen LogP contribution in [-0.2, 0) is 40.0 Å². The van der Waals surface area contributed by atoms with Crippen molar-refractivity contribution < 1.29 is 13.2 Å². The van der Waals surface area contributed by atoms with Gasteiger partial charge in [-0.3, -0.25) is 9.69 Å². The maximum absolute atomic E-state index is 12.7. The van der Waals surface area contributed by atoms with Crippen molar-refractivity contribution >= 4 is 26.8 Å². The molecule has 3 aromatic rings. The molecule has 2 heterocycles. The summed E-state index contributed by atoms with van der Waals surface area (Å²) < 4.78 is 25.4. The van der Waals surface area contributed by atoms with Gasteiger partial charge in [0.2, 0.25) is 5.91 Å². The minimum atomic E-state index is -3.28. The summed E-state index contributed by atoms with van der Waals surface area (Å²) in [6.45, 7) is 8.34. The zero-order chi connectivity index (χ0) is 24.3. The van der Waals surface area contributed by atoms with Crippen molar-refractivity contribution in [3.8, 4) is 0 Å². The molecule has 0 aliphatic carbocycles. The first-order valence-corrected chi connectivity index (χ1v) is 13.9. The van der Waals surface area contributed by atoms with Crippen LogP contribution in [0, 0.1) is 11.8 Å². The van der Waals surface area contributed by atoms with E-state index in [-0.39, 0.29) is 18.2 Å². The van der Waals surface area contributed by atoms with Gasteiger partial charge in [0, 0.05) is 32.4 Å². The molecule has 0 spiro atoms. The number of sulfone groups is 1. The number of amides is 1. The smallest absolute Gasteiger partial charge is 0.240 e. The summed E-state index contributed by atoms with van der Waals surface area (Å²) >= 11 is 0. The molecule has 2 unspecified atom stereocenters. The lowest BCUT2D eigenvalue weighted by Gasteiger charge is -2.35. The zero-order valence-electron chi connectivity index (χ0n) is 20.2. The number of carbonyl (C=O) groups is 1. The second-order valence-electron chi connectivity index (χ2n) is 9.91. The number of benzene rings is 2. The molecule has 1 aliphatic rings. The number of piperidine rings is 1. The highest BCUT2D eigenvalue weighted by Crippen LogP contribution is 2.22. The van der Waals surface area contributed by atoms with Crippen LogP contribution in [0.15, 0.2) is 48.5 Å². The van der Waals surface area contributed by atoms with E-state index >= 15 is 0 Å². The van der Waals surface area contributed by atoms with Gasteiger partial charge in [-0.05, 0) is 41.5 Å². The van der Waals surface area contributed by atoms with Crippen LogP contribution in [-0.4, -0.2) is 48.1 Å². The number of carbonyl (C=O) groups excluding carboxylic acids is 1. The minimum absolute atomic E-state index is 0.0226. The van der Waals surface area contributed by atoms with E-state index in [9.17, 15) is 13.2 Å². The standard InChI is InChI=1S/C26H34N4O3S/c1-19-12-20(2)15-29(14-19)16-22-10-8-21(9-11-22)13-27-26(31)17-30-24-7-5-4-6-23(24)28-25(30)18-34(3,32)33/h4-11,19-20H,12-18H2,1-3H3,(H,27,31). The lowest BCUT2D eigenvalue weighted by molar-refractivity contribution is -0.121. The molecule has 1 amide bonds. The SMILES string of the molecule is CC1CC(C)CN(Cc2ccc(CNC(=O)Cn3c(CS(C)(=O)=O)nc4ccccc43)cc2)C1. The zero-order valence-corrected chi connectivity index (χ0v) is 21.0. The van der Waals surface area contributed by atoms with E-state index in [2.05, 4.69) is 53.3 Å². The second-order valence-corrected chi connectivity index (χ2v) is 12.0. The molecule has 7 nitrogen and oxygen atoms in total. The Morgan fingerprint density at radius 2 is 1.68 bits per heavy atom. The number of imidazole rings is 1. The molecule has 0 radical (unpaired) electrons. The van der Waals surface area contributed by atoms with Crippen molar-refractivity contribution in [1.29, 1.82) is 0 Å². The third-order valence-electron chi connectivity index (χ3n) is 6.29. The van der Waals surface area contributed by atoms with Crippen molar-refractivity contribution in [3.05, 3.63) is 65.5 Å². The average molecular weight is 483 g/mol. The molecule has 0 bridgehead atoms.